The molecule has 0 fully saturated rings. The van der Waals surface area contributed by atoms with Crippen LogP contribution >= 0.6 is 11.3 Å². The molecule has 142 valence electrons. The van der Waals surface area contributed by atoms with Crippen LogP contribution in [0.4, 0.5) is 10.8 Å². The zero-order chi connectivity index (χ0) is 19.3. The largest absolute Gasteiger partial charge is 0.299 e. The fourth-order valence-electron chi connectivity index (χ4n) is 2.62. The van der Waals surface area contributed by atoms with Crippen LogP contribution in [0.1, 0.15) is 13.8 Å². The van der Waals surface area contributed by atoms with Crippen LogP contribution in [0, 0.1) is 0 Å². The lowest BCUT2D eigenvalue weighted by Crippen LogP contribution is -2.30. The standard InChI is InChI=1S/C19H22N4O2S2/c1-3-23(4-2)27(24,25)17-12-10-15(11-13-17)18-14-26-19(20-18)22-21-16-8-6-5-7-9-16/h5-14,21H,3-4H2,1-2H3,(H,20,22). The Morgan fingerprint density at radius 1 is 0.963 bits per heavy atom. The molecule has 0 bridgehead atoms. The van der Waals surface area contributed by atoms with E-state index in [0.29, 0.717) is 18.0 Å². The van der Waals surface area contributed by atoms with Gasteiger partial charge in [0, 0.05) is 24.0 Å². The first-order valence-electron chi connectivity index (χ1n) is 8.67. The summed E-state index contributed by atoms with van der Waals surface area (Å²) in [4.78, 5) is 4.84. The molecule has 1 aromatic heterocycles. The molecule has 1 heterocycles. The van der Waals surface area contributed by atoms with Crippen LogP contribution in [0.15, 0.2) is 64.9 Å². The molecular formula is C19H22N4O2S2. The Bertz CT molecular complexity index is 966. The van der Waals surface area contributed by atoms with Crippen molar-refractivity contribution in [1.29, 1.82) is 0 Å². The van der Waals surface area contributed by atoms with Crippen LogP contribution in [0.2, 0.25) is 0 Å². The SMILES string of the molecule is CCN(CC)S(=O)(=O)c1ccc(-c2csc(NNc3ccccc3)n2)cc1. The quantitative estimate of drug-likeness (QED) is 0.550. The summed E-state index contributed by atoms with van der Waals surface area (Å²) >= 11 is 1.47. The topological polar surface area (TPSA) is 74.3 Å². The Labute approximate surface area is 163 Å². The third-order valence-electron chi connectivity index (χ3n) is 4.09. The van der Waals surface area contributed by atoms with Gasteiger partial charge in [0.05, 0.1) is 16.3 Å². The van der Waals surface area contributed by atoms with Crippen molar-refractivity contribution in [2.45, 2.75) is 18.7 Å². The molecule has 8 heteroatoms. The van der Waals surface area contributed by atoms with E-state index in [4.69, 9.17) is 0 Å². The summed E-state index contributed by atoms with van der Waals surface area (Å²) in [5.41, 5.74) is 8.78. The van der Waals surface area contributed by atoms with Crippen LogP contribution in [-0.2, 0) is 10.0 Å². The van der Waals surface area contributed by atoms with Gasteiger partial charge in [-0.1, -0.05) is 44.2 Å². The molecule has 27 heavy (non-hydrogen) atoms. The molecule has 0 saturated carbocycles. The number of thiazole rings is 1. The molecule has 3 rings (SSSR count). The molecule has 0 saturated heterocycles. The van der Waals surface area contributed by atoms with E-state index < -0.39 is 10.0 Å². The number of hydrogen-bond donors (Lipinski definition) is 2. The van der Waals surface area contributed by atoms with E-state index in [1.807, 2.05) is 49.6 Å². The summed E-state index contributed by atoms with van der Waals surface area (Å²) in [5.74, 6) is 0. The Hall–Kier alpha value is -2.42. The van der Waals surface area contributed by atoms with Crippen molar-refractivity contribution >= 4 is 32.2 Å². The molecule has 2 N–H and O–H groups in total. The minimum atomic E-state index is -3.44. The van der Waals surface area contributed by atoms with E-state index in [1.165, 1.54) is 15.6 Å². The smallest absolute Gasteiger partial charge is 0.243 e. The third-order valence-corrected chi connectivity index (χ3v) is 6.91. The molecule has 0 atom stereocenters. The molecular weight excluding hydrogens is 380 g/mol. The predicted molar refractivity (Wildman–Crippen MR) is 111 cm³/mol. The lowest BCUT2D eigenvalue weighted by molar-refractivity contribution is 0.445. The van der Waals surface area contributed by atoms with Crippen LogP contribution in [0.3, 0.4) is 0 Å². The molecule has 0 aliphatic heterocycles. The zero-order valence-electron chi connectivity index (χ0n) is 15.2. The highest BCUT2D eigenvalue weighted by atomic mass is 32.2. The summed E-state index contributed by atoms with van der Waals surface area (Å²) in [6.07, 6.45) is 0. The van der Waals surface area contributed by atoms with Gasteiger partial charge in [0.15, 0.2) is 0 Å². The van der Waals surface area contributed by atoms with Gasteiger partial charge in [-0.2, -0.15) is 4.31 Å². The van der Waals surface area contributed by atoms with E-state index in [9.17, 15) is 8.42 Å². The van der Waals surface area contributed by atoms with Crippen molar-refractivity contribution < 1.29 is 8.42 Å². The molecule has 0 unspecified atom stereocenters. The van der Waals surface area contributed by atoms with E-state index in [0.717, 1.165) is 22.1 Å². The molecule has 0 spiro atoms. The maximum atomic E-state index is 12.6. The van der Waals surface area contributed by atoms with Crippen molar-refractivity contribution in [3.63, 3.8) is 0 Å². The van der Waals surface area contributed by atoms with Crippen molar-refractivity contribution in [1.82, 2.24) is 9.29 Å². The molecule has 0 amide bonds. The fraction of sp³-hybridized carbons (Fsp3) is 0.211. The number of hydrazine groups is 1. The molecule has 0 radical (unpaired) electrons. The average Bonchev–Trinajstić information content (AvgIpc) is 3.17. The fourth-order valence-corrected chi connectivity index (χ4v) is 4.75. The number of nitrogens with one attached hydrogen (secondary N) is 2. The van der Waals surface area contributed by atoms with Gasteiger partial charge in [0.2, 0.25) is 15.2 Å². The number of rotatable bonds is 8. The first kappa shape index (κ1) is 19.3. The normalized spacial score (nSPS) is 11.5. The van der Waals surface area contributed by atoms with Crippen LogP contribution in [0.5, 0.6) is 0 Å². The highest BCUT2D eigenvalue weighted by Gasteiger charge is 2.21. The molecule has 0 aliphatic rings. The van der Waals surface area contributed by atoms with E-state index in [1.54, 1.807) is 24.3 Å². The Kier molecular flexibility index (Phi) is 6.10. The highest BCUT2D eigenvalue weighted by molar-refractivity contribution is 7.89. The van der Waals surface area contributed by atoms with Crippen molar-refractivity contribution in [3.8, 4) is 11.3 Å². The van der Waals surface area contributed by atoms with Gasteiger partial charge in [-0.05, 0) is 24.3 Å². The van der Waals surface area contributed by atoms with Gasteiger partial charge in [-0.25, -0.2) is 13.4 Å². The predicted octanol–water partition coefficient (Wildman–Crippen LogP) is 4.28. The monoisotopic (exact) mass is 402 g/mol. The number of aromatic nitrogens is 1. The summed E-state index contributed by atoms with van der Waals surface area (Å²) in [6.45, 7) is 4.58. The second kappa shape index (κ2) is 8.51. The van der Waals surface area contributed by atoms with Crippen LogP contribution < -0.4 is 10.9 Å². The number of benzene rings is 2. The Morgan fingerprint density at radius 3 is 2.26 bits per heavy atom. The molecule has 6 nitrogen and oxygen atoms in total. The van der Waals surface area contributed by atoms with E-state index in [-0.39, 0.29) is 0 Å². The lowest BCUT2D eigenvalue weighted by Gasteiger charge is -2.18. The maximum Gasteiger partial charge on any atom is 0.243 e. The number of para-hydroxylation sites is 1. The average molecular weight is 403 g/mol. The van der Waals surface area contributed by atoms with Crippen molar-refractivity contribution in [3.05, 3.63) is 60.0 Å². The minimum Gasteiger partial charge on any atom is -0.299 e. The highest BCUT2D eigenvalue weighted by Crippen LogP contribution is 2.26. The molecule has 3 aromatic rings. The Balaban J connectivity index is 1.72. The second-order valence-electron chi connectivity index (χ2n) is 5.77. The van der Waals surface area contributed by atoms with E-state index in [2.05, 4.69) is 15.8 Å². The number of nitrogens with zero attached hydrogens (tertiary/aromatic N) is 2. The van der Waals surface area contributed by atoms with Gasteiger partial charge in [-0.15, -0.1) is 11.3 Å². The lowest BCUT2D eigenvalue weighted by atomic mass is 10.2. The third kappa shape index (κ3) is 4.47. The van der Waals surface area contributed by atoms with Gasteiger partial charge < -0.3 is 0 Å². The van der Waals surface area contributed by atoms with Crippen LogP contribution in [-0.4, -0.2) is 30.8 Å². The second-order valence-corrected chi connectivity index (χ2v) is 8.56. The van der Waals surface area contributed by atoms with Crippen molar-refractivity contribution in [2.75, 3.05) is 23.9 Å². The van der Waals surface area contributed by atoms with Gasteiger partial charge in [0.25, 0.3) is 0 Å². The first-order chi connectivity index (χ1) is 13.0. The van der Waals surface area contributed by atoms with Crippen LogP contribution in [0.25, 0.3) is 11.3 Å². The minimum absolute atomic E-state index is 0.300. The molecule has 2 aromatic carbocycles. The number of hydrogen-bond acceptors (Lipinski definition) is 6. The van der Waals surface area contributed by atoms with E-state index >= 15 is 0 Å². The molecule has 0 aliphatic carbocycles. The van der Waals surface area contributed by atoms with Gasteiger partial charge in [0.1, 0.15) is 0 Å². The number of sulfonamides is 1. The zero-order valence-corrected chi connectivity index (χ0v) is 16.8. The van der Waals surface area contributed by atoms with Gasteiger partial charge in [-0.3, -0.25) is 10.9 Å². The first-order valence-corrected chi connectivity index (χ1v) is 11.0. The number of anilines is 2. The summed E-state index contributed by atoms with van der Waals surface area (Å²) in [6, 6.07) is 16.6. The van der Waals surface area contributed by atoms with Gasteiger partial charge >= 0.3 is 0 Å². The summed E-state index contributed by atoms with van der Waals surface area (Å²) in [7, 11) is -3.44. The summed E-state index contributed by atoms with van der Waals surface area (Å²) in [5, 5.41) is 2.66. The van der Waals surface area contributed by atoms with Crippen molar-refractivity contribution in [2.24, 2.45) is 0 Å². The summed E-state index contributed by atoms with van der Waals surface area (Å²) < 4.78 is 26.6. The Morgan fingerprint density at radius 2 is 1.63 bits per heavy atom. The maximum absolute atomic E-state index is 12.6.